The minimum absolute atomic E-state index is 0.133. The molecule has 0 saturated carbocycles. The van der Waals surface area contributed by atoms with Crippen LogP contribution in [0.3, 0.4) is 0 Å². The molecule has 0 spiro atoms. The van der Waals surface area contributed by atoms with Crippen LogP contribution in [0.5, 0.6) is 0 Å². The Morgan fingerprint density at radius 2 is 2.24 bits per heavy atom. The van der Waals surface area contributed by atoms with Gasteiger partial charge in [-0.1, -0.05) is 11.6 Å². The maximum atomic E-state index is 12.1. The summed E-state index contributed by atoms with van der Waals surface area (Å²) in [5.74, 6) is -0.760. The summed E-state index contributed by atoms with van der Waals surface area (Å²) in [5.41, 5.74) is 1.04. The van der Waals surface area contributed by atoms with Crippen molar-refractivity contribution in [1.82, 2.24) is 4.98 Å². The molecule has 2 heterocycles. The Hall–Kier alpha value is -1.92. The summed E-state index contributed by atoms with van der Waals surface area (Å²) >= 11 is 7.04. The van der Waals surface area contributed by atoms with Crippen molar-refractivity contribution in [2.75, 3.05) is 11.9 Å². The number of nitrogens with one attached hydrogen (secondary N) is 1. The first kappa shape index (κ1) is 15.5. The number of esters is 1. The molecule has 0 saturated heterocycles. The molecule has 1 amide bonds. The number of rotatable bonds is 4. The van der Waals surface area contributed by atoms with E-state index in [0.717, 1.165) is 5.56 Å². The lowest BCUT2D eigenvalue weighted by molar-refractivity contribution is 0.0531. The fourth-order valence-electron chi connectivity index (χ4n) is 1.68. The van der Waals surface area contributed by atoms with Gasteiger partial charge in [-0.15, -0.1) is 11.3 Å². The van der Waals surface area contributed by atoms with Gasteiger partial charge in [-0.2, -0.15) is 0 Å². The van der Waals surface area contributed by atoms with E-state index in [0.29, 0.717) is 16.5 Å². The number of nitrogens with zero attached hydrogens (tertiary/aromatic N) is 1. The smallest absolute Gasteiger partial charge is 0.348 e. The fraction of sp³-hybridized carbons (Fsp3) is 0.214. The number of hydrogen-bond donors (Lipinski definition) is 1. The highest BCUT2D eigenvalue weighted by molar-refractivity contribution is 7.18. The predicted molar refractivity (Wildman–Crippen MR) is 82.2 cm³/mol. The number of pyridine rings is 1. The van der Waals surface area contributed by atoms with Gasteiger partial charge in [0.05, 0.1) is 17.2 Å². The Balaban J connectivity index is 2.17. The molecule has 0 bridgehead atoms. The van der Waals surface area contributed by atoms with E-state index in [1.165, 1.54) is 17.5 Å². The number of aromatic nitrogens is 1. The third kappa shape index (κ3) is 3.59. The Morgan fingerprint density at radius 3 is 2.90 bits per heavy atom. The summed E-state index contributed by atoms with van der Waals surface area (Å²) in [6.07, 6.45) is 1.51. The summed E-state index contributed by atoms with van der Waals surface area (Å²) < 4.78 is 4.96. The van der Waals surface area contributed by atoms with E-state index in [9.17, 15) is 9.59 Å². The molecule has 110 valence electrons. The van der Waals surface area contributed by atoms with Crippen molar-refractivity contribution >= 4 is 39.8 Å². The summed E-state index contributed by atoms with van der Waals surface area (Å²) in [7, 11) is 0. The van der Waals surface area contributed by atoms with Crippen LogP contribution in [0, 0.1) is 6.92 Å². The molecule has 5 nitrogen and oxygen atoms in total. The molecule has 2 aromatic heterocycles. The highest BCUT2D eigenvalue weighted by atomic mass is 35.5. The van der Waals surface area contributed by atoms with Gasteiger partial charge in [0.25, 0.3) is 5.91 Å². The molecule has 2 aromatic rings. The van der Waals surface area contributed by atoms with Crippen LogP contribution in [0.4, 0.5) is 5.00 Å². The molecule has 0 aliphatic rings. The monoisotopic (exact) mass is 324 g/mol. The highest BCUT2D eigenvalue weighted by Crippen LogP contribution is 2.28. The number of hydrogen-bond acceptors (Lipinski definition) is 5. The van der Waals surface area contributed by atoms with Gasteiger partial charge in [0.1, 0.15) is 10.0 Å². The van der Waals surface area contributed by atoms with Crippen LogP contribution in [0.25, 0.3) is 0 Å². The number of thiophene rings is 1. The third-order valence-electron chi connectivity index (χ3n) is 2.62. The summed E-state index contributed by atoms with van der Waals surface area (Å²) in [4.78, 5) is 28.2. The van der Waals surface area contributed by atoms with Crippen molar-refractivity contribution < 1.29 is 14.3 Å². The van der Waals surface area contributed by atoms with Crippen molar-refractivity contribution in [3.05, 3.63) is 45.6 Å². The molecular weight excluding hydrogens is 312 g/mol. The summed E-state index contributed by atoms with van der Waals surface area (Å²) in [6.45, 7) is 3.84. The van der Waals surface area contributed by atoms with E-state index < -0.39 is 0 Å². The second kappa shape index (κ2) is 6.69. The van der Waals surface area contributed by atoms with Gasteiger partial charge in [0.15, 0.2) is 0 Å². The van der Waals surface area contributed by atoms with Gasteiger partial charge in [-0.25, -0.2) is 9.78 Å². The Kier molecular flexibility index (Phi) is 4.93. The lowest BCUT2D eigenvalue weighted by Gasteiger charge is -2.03. The summed E-state index contributed by atoms with van der Waals surface area (Å²) in [6, 6.07) is 4.93. The Morgan fingerprint density at radius 1 is 1.48 bits per heavy atom. The average Bonchev–Trinajstić information content (AvgIpc) is 2.80. The van der Waals surface area contributed by atoms with Crippen LogP contribution in [0.2, 0.25) is 5.15 Å². The van der Waals surface area contributed by atoms with E-state index in [2.05, 4.69) is 10.3 Å². The van der Waals surface area contributed by atoms with Crippen molar-refractivity contribution in [3.8, 4) is 0 Å². The van der Waals surface area contributed by atoms with Crippen molar-refractivity contribution in [1.29, 1.82) is 0 Å². The molecule has 0 fully saturated rings. The molecular formula is C14H13ClN2O3S. The van der Waals surface area contributed by atoms with Gasteiger partial charge in [-0.3, -0.25) is 4.79 Å². The largest absolute Gasteiger partial charge is 0.462 e. The summed E-state index contributed by atoms with van der Waals surface area (Å²) in [5, 5.41) is 3.39. The number of ether oxygens (including phenoxy) is 1. The zero-order valence-corrected chi connectivity index (χ0v) is 13.0. The number of anilines is 1. The normalized spacial score (nSPS) is 10.2. The zero-order chi connectivity index (χ0) is 15.4. The standard InChI is InChI=1S/C14H13ClN2O3S/c1-3-20-14(19)11-8(2)7-10(21-11)17-13(18)9-5-4-6-16-12(9)15/h4-7H,3H2,1-2H3,(H,17,18). The predicted octanol–water partition coefficient (Wildman–Crippen LogP) is 3.53. The van der Waals surface area contributed by atoms with Crippen molar-refractivity contribution in [2.24, 2.45) is 0 Å². The lowest BCUT2D eigenvalue weighted by atomic mass is 10.2. The molecule has 0 aromatic carbocycles. The second-order valence-corrected chi connectivity index (χ2v) is 5.55. The van der Waals surface area contributed by atoms with E-state index in [-0.39, 0.29) is 22.6 Å². The van der Waals surface area contributed by atoms with Gasteiger partial charge in [0, 0.05) is 6.20 Å². The third-order valence-corrected chi connectivity index (χ3v) is 4.05. The number of carbonyl (C=O) groups excluding carboxylic acids is 2. The first-order valence-corrected chi connectivity index (χ1v) is 7.41. The van der Waals surface area contributed by atoms with Crippen LogP contribution in [0.1, 0.15) is 32.5 Å². The maximum absolute atomic E-state index is 12.1. The maximum Gasteiger partial charge on any atom is 0.348 e. The van der Waals surface area contributed by atoms with Crippen molar-refractivity contribution in [3.63, 3.8) is 0 Å². The average molecular weight is 325 g/mol. The number of halogens is 1. The molecule has 0 unspecified atom stereocenters. The minimum Gasteiger partial charge on any atom is -0.462 e. The molecule has 1 N–H and O–H groups in total. The quantitative estimate of drug-likeness (QED) is 0.690. The Labute approximate surface area is 130 Å². The number of amides is 1. The van der Waals surface area contributed by atoms with Gasteiger partial charge >= 0.3 is 5.97 Å². The van der Waals surface area contributed by atoms with Gasteiger partial charge in [-0.05, 0) is 37.6 Å². The molecule has 21 heavy (non-hydrogen) atoms. The van der Waals surface area contributed by atoms with E-state index >= 15 is 0 Å². The number of carbonyl (C=O) groups is 2. The molecule has 0 atom stereocenters. The molecule has 0 radical (unpaired) electrons. The molecule has 2 rings (SSSR count). The zero-order valence-electron chi connectivity index (χ0n) is 11.5. The van der Waals surface area contributed by atoms with Crippen LogP contribution >= 0.6 is 22.9 Å². The highest BCUT2D eigenvalue weighted by Gasteiger charge is 2.17. The molecule has 7 heteroatoms. The lowest BCUT2D eigenvalue weighted by Crippen LogP contribution is -2.11. The topological polar surface area (TPSA) is 68.3 Å². The van der Waals surface area contributed by atoms with E-state index in [1.54, 1.807) is 32.0 Å². The van der Waals surface area contributed by atoms with E-state index in [1.807, 2.05) is 0 Å². The van der Waals surface area contributed by atoms with Crippen LogP contribution < -0.4 is 5.32 Å². The van der Waals surface area contributed by atoms with Crippen molar-refractivity contribution in [2.45, 2.75) is 13.8 Å². The molecule has 0 aliphatic heterocycles. The van der Waals surface area contributed by atoms with Crippen LogP contribution in [-0.4, -0.2) is 23.5 Å². The SMILES string of the molecule is CCOC(=O)c1sc(NC(=O)c2cccnc2Cl)cc1C. The van der Waals surface area contributed by atoms with Crippen LogP contribution in [-0.2, 0) is 4.74 Å². The first-order valence-electron chi connectivity index (χ1n) is 6.22. The molecule has 0 aliphatic carbocycles. The minimum atomic E-state index is -0.389. The Bertz CT molecular complexity index is 685. The number of aryl methyl sites for hydroxylation is 1. The van der Waals surface area contributed by atoms with Gasteiger partial charge < -0.3 is 10.1 Å². The second-order valence-electron chi connectivity index (χ2n) is 4.14. The van der Waals surface area contributed by atoms with E-state index in [4.69, 9.17) is 16.3 Å². The van der Waals surface area contributed by atoms with Crippen LogP contribution in [0.15, 0.2) is 24.4 Å². The van der Waals surface area contributed by atoms with Gasteiger partial charge in [0.2, 0.25) is 0 Å². The fourth-order valence-corrected chi connectivity index (χ4v) is 2.84. The first-order chi connectivity index (χ1) is 10.0.